The maximum absolute atomic E-state index is 13.5. The van der Waals surface area contributed by atoms with Crippen LogP contribution in [0.3, 0.4) is 0 Å². The molecule has 3 aromatic carbocycles. The minimum atomic E-state index is -4.47. The quantitative estimate of drug-likeness (QED) is 0.349. The Balaban J connectivity index is 1.69. The number of hydrogen-bond acceptors (Lipinski definition) is 3. The monoisotopic (exact) mass is 450 g/mol. The molecule has 0 bridgehead atoms. The lowest BCUT2D eigenvalue weighted by atomic mass is 9.95. The Morgan fingerprint density at radius 2 is 1.70 bits per heavy atom. The number of pyridine rings is 1. The summed E-state index contributed by atoms with van der Waals surface area (Å²) >= 11 is 0. The third-order valence-corrected chi connectivity index (χ3v) is 5.45. The highest BCUT2D eigenvalue weighted by atomic mass is 19.4. The van der Waals surface area contributed by atoms with E-state index in [1.807, 2.05) is 12.1 Å². The fourth-order valence-corrected chi connectivity index (χ4v) is 3.56. The van der Waals surface area contributed by atoms with E-state index in [9.17, 15) is 18.0 Å². The zero-order valence-corrected chi connectivity index (χ0v) is 18.1. The van der Waals surface area contributed by atoms with Gasteiger partial charge in [0, 0.05) is 36.8 Å². The number of carbonyl (C=O) groups is 1. The summed E-state index contributed by atoms with van der Waals surface area (Å²) in [4.78, 5) is 17.4. The van der Waals surface area contributed by atoms with Crippen molar-refractivity contribution in [3.8, 4) is 16.9 Å². The van der Waals surface area contributed by atoms with Crippen molar-refractivity contribution in [2.75, 3.05) is 11.9 Å². The molecule has 0 unspecified atom stereocenters. The fraction of sp³-hybridized carbons (Fsp3) is 0.154. The maximum atomic E-state index is 13.5. The number of hydrogen-bond donors (Lipinski definition) is 0. The molecule has 1 aromatic heterocycles. The van der Waals surface area contributed by atoms with E-state index in [4.69, 9.17) is 4.74 Å². The van der Waals surface area contributed by atoms with E-state index in [-0.39, 0.29) is 12.5 Å². The van der Waals surface area contributed by atoms with Crippen molar-refractivity contribution in [2.24, 2.45) is 0 Å². The molecular formula is C26H21F3N2O2. The van der Waals surface area contributed by atoms with Crippen LogP contribution in [-0.2, 0) is 17.6 Å². The van der Waals surface area contributed by atoms with Crippen LogP contribution in [0.15, 0.2) is 79.0 Å². The minimum Gasteiger partial charge on any atom is -0.489 e. The van der Waals surface area contributed by atoms with E-state index in [1.165, 1.54) is 17.9 Å². The molecule has 1 amide bonds. The van der Waals surface area contributed by atoms with Gasteiger partial charge < -0.3 is 9.64 Å². The van der Waals surface area contributed by atoms with Gasteiger partial charge in [0.25, 0.3) is 0 Å². The number of carbonyl (C=O) groups excluding carboxylic acids is 1. The molecule has 1 heterocycles. The summed E-state index contributed by atoms with van der Waals surface area (Å²) in [5, 5.41) is 0.837. The summed E-state index contributed by atoms with van der Waals surface area (Å²) in [6.07, 6.45) is -2.85. The summed E-state index contributed by atoms with van der Waals surface area (Å²) in [5.41, 5.74) is 2.24. The van der Waals surface area contributed by atoms with E-state index in [1.54, 1.807) is 55.7 Å². The molecule has 4 rings (SSSR count). The molecule has 0 atom stereocenters. The van der Waals surface area contributed by atoms with Crippen molar-refractivity contribution >= 4 is 22.5 Å². The summed E-state index contributed by atoms with van der Waals surface area (Å²) in [5.74, 6) is 0.444. The molecule has 33 heavy (non-hydrogen) atoms. The molecule has 0 fully saturated rings. The van der Waals surface area contributed by atoms with E-state index in [0.29, 0.717) is 33.6 Å². The molecule has 0 saturated heterocycles. The second-order valence-corrected chi connectivity index (χ2v) is 7.61. The first kappa shape index (κ1) is 22.3. The number of halogens is 3. The minimum absolute atomic E-state index is 0.0680. The summed E-state index contributed by atoms with van der Waals surface area (Å²) in [7, 11) is 1.67. The highest BCUT2D eigenvalue weighted by Gasteiger charge is 2.31. The standard InChI is InChI=1S/C26H21F3N2O2/c1-17(32)31(2)21-10-12-22(13-11-21)33-16-19-8-9-20(26(27,28)29)15-24(19)23-7-3-5-18-6-4-14-30-25(18)23/h3-15H,16H2,1-2H3. The highest BCUT2D eigenvalue weighted by molar-refractivity contribution is 5.94. The number of rotatable bonds is 5. The molecule has 0 radical (unpaired) electrons. The summed E-state index contributed by atoms with van der Waals surface area (Å²) in [6.45, 7) is 1.54. The normalized spacial score (nSPS) is 11.4. The predicted molar refractivity (Wildman–Crippen MR) is 122 cm³/mol. The van der Waals surface area contributed by atoms with Crippen molar-refractivity contribution in [3.05, 3.63) is 90.1 Å². The number of para-hydroxylation sites is 1. The Kier molecular flexibility index (Phi) is 6.05. The van der Waals surface area contributed by atoms with Crippen LogP contribution in [0, 0.1) is 0 Å². The van der Waals surface area contributed by atoms with Gasteiger partial charge in [-0.3, -0.25) is 9.78 Å². The van der Waals surface area contributed by atoms with Crippen LogP contribution < -0.4 is 9.64 Å². The van der Waals surface area contributed by atoms with E-state index >= 15 is 0 Å². The van der Waals surface area contributed by atoms with Gasteiger partial charge in [-0.25, -0.2) is 0 Å². The lowest BCUT2D eigenvalue weighted by Gasteiger charge is -2.17. The largest absolute Gasteiger partial charge is 0.489 e. The second kappa shape index (κ2) is 8.94. The topological polar surface area (TPSA) is 42.4 Å². The average molecular weight is 450 g/mol. The average Bonchev–Trinajstić information content (AvgIpc) is 2.81. The smallest absolute Gasteiger partial charge is 0.416 e. The third kappa shape index (κ3) is 4.82. The van der Waals surface area contributed by atoms with Crippen LogP contribution in [0.5, 0.6) is 5.75 Å². The van der Waals surface area contributed by atoms with Crippen LogP contribution in [0.2, 0.25) is 0 Å². The molecule has 4 nitrogen and oxygen atoms in total. The van der Waals surface area contributed by atoms with Crippen molar-refractivity contribution in [2.45, 2.75) is 19.7 Å². The number of alkyl halides is 3. The van der Waals surface area contributed by atoms with Gasteiger partial charge in [0.2, 0.25) is 5.91 Å². The number of amides is 1. The Bertz CT molecular complexity index is 1300. The molecule has 4 aromatic rings. The fourth-order valence-electron chi connectivity index (χ4n) is 3.56. The maximum Gasteiger partial charge on any atom is 0.416 e. The van der Waals surface area contributed by atoms with Crippen LogP contribution in [-0.4, -0.2) is 17.9 Å². The molecule has 0 aliphatic carbocycles. The van der Waals surface area contributed by atoms with Crippen molar-refractivity contribution in [1.82, 2.24) is 4.98 Å². The van der Waals surface area contributed by atoms with Gasteiger partial charge in [-0.2, -0.15) is 13.2 Å². The lowest BCUT2D eigenvalue weighted by Crippen LogP contribution is -2.22. The Labute approximate surface area is 189 Å². The Morgan fingerprint density at radius 1 is 0.970 bits per heavy atom. The van der Waals surface area contributed by atoms with Gasteiger partial charge in [0.05, 0.1) is 11.1 Å². The van der Waals surface area contributed by atoms with Crippen molar-refractivity contribution < 1.29 is 22.7 Å². The molecule has 0 spiro atoms. The summed E-state index contributed by atoms with van der Waals surface area (Å²) in [6, 6.07) is 19.7. The van der Waals surface area contributed by atoms with E-state index in [2.05, 4.69) is 4.98 Å². The number of fused-ring (bicyclic) bond motifs is 1. The molecule has 0 aliphatic heterocycles. The number of aromatic nitrogens is 1. The van der Waals surface area contributed by atoms with Crippen LogP contribution in [0.25, 0.3) is 22.0 Å². The van der Waals surface area contributed by atoms with Gasteiger partial charge in [-0.15, -0.1) is 0 Å². The van der Waals surface area contributed by atoms with Crippen molar-refractivity contribution in [1.29, 1.82) is 0 Å². The van der Waals surface area contributed by atoms with Gasteiger partial charge in [0.1, 0.15) is 12.4 Å². The SMILES string of the molecule is CC(=O)N(C)c1ccc(OCc2ccc(C(F)(F)F)cc2-c2cccc3cccnc23)cc1. The van der Waals surface area contributed by atoms with Gasteiger partial charge in [-0.1, -0.05) is 30.3 Å². The van der Waals surface area contributed by atoms with Crippen LogP contribution in [0.1, 0.15) is 18.1 Å². The first-order valence-corrected chi connectivity index (χ1v) is 10.3. The first-order chi connectivity index (χ1) is 15.7. The zero-order chi connectivity index (χ0) is 23.6. The van der Waals surface area contributed by atoms with Crippen LogP contribution in [0.4, 0.5) is 18.9 Å². The lowest BCUT2D eigenvalue weighted by molar-refractivity contribution is -0.137. The second-order valence-electron chi connectivity index (χ2n) is 7.61. The third-order valence-electron chi connectivity index (χ3n) is 5.45. The molecule has 0 saturated carbocycles. The predicted octanol–water partition coefficient (Wildman–Crippen LogP) is 6.48. The Morgan fingerprint density at radius 3 is 2.39 bits per heavy atom. The molecule has 0 N–H and O–H groups in total. The molecule has 7 heteroatoms. The first-order valence-electron chi connectivity index (χ1n) is 10.3. The van der Waals surface area contributed by atoms with Crippen molar-refractivity contribution in [3.63, 3.8) is 0 Å². The summed E-state index contributed by atoms with van der Waals surface area (Å²) < 4.78 is 46.3. The Hall–Kier alpha value is -3.87. The molecule has 168 valence electrons. The van der Waals surface area contributed by atoms with Gasteiger partial charge in [-0.05, 0) is 53.6 Å². The number of benzene rings is 3. The number of anilines is 1. The number of nitrogens with zero attached hydrogens (tertiary/aromatic N) is 2. The van der Waals surface area contributed by atoms with E-state index < -0.39 is 11.7 Å². The van der Waals surface area contributed by atoms with Gasteiger partial charge in [0.15, 0.2) is 0 Å². The van der Waals surface area contributed by atoms with Gasteiger partial charge >= 0.3 is 6.18 Å². The van der Waals surface area contributed by atoms with Crippen LogP contribution >= 0.6 is 0 Å². The zero-order valence-electron chi connectivity index (χ0n) is 18.1. The highest BCUT2D eigenvalue weighted by Crippen LogP contribution is 2.36. The molecule has 0 aliphatic rings. The molecular weight excluding hydrogens is 429 g/mol. The van der Waals surface area contributed by atoms with E-state index in [0.717, 1.165) is 17.5 Å². The number of ether oxygens (including phenoxy) is 1.